The SMILES string of the molecule is [c]1cccc2cc(-c3ccncc3)sc12. The molecule has 2 heterocycles. The first-order valence-corrected chi connectivity index (χ1v) is 5.56. The summed E-state index contributed by atoms with van der Waals surface area (Å²) in [4.78, 5) is 5.29. The van der Waals surface area contributed by atoms with E-state index in [1.54, 1.807) is 11.3 Å². The van der Waals surface area contributed by atoms with E-state index in [2.05, 4.69) is 23.2 Å². The van der Waals surface area contributed by atoms with Gasteiger partial charge in [-0.3, -0.25) is 4.98 Å². The number of benzene rings is 1. The van der Waals surface area contributed by atoms with E-state index in [-0.39, 0.29) is 0 Å². The van der Waals surface area contributed by atoms with Crippen molar-refractivity contribution in [1.29, 1.82) is 0 Å². The molecule has 2 aromatic heterocycles. The minimum Gasteiger partial charge on any atom is -0.265 e. The Bertz CT molecular complexity index is 551. The summed E-state index contributed by atoms with van der Waals surface area (Å²) in [7, 11) is 0. The van der Waals surface area contributed by atoms with E-state index in [0.29, 0.717) is 0 Å². The number of pyridine rings is 1. The molecule has 0 amide bonds. The molecular formula is C13H8NS. The molecule has 0 aliphatic carbocycles. The van der Waals surface area contributed by atoms with Crippen molar-refractivity contribution in [1.82, 2.24) is 4.98 Å². The van der Waals surface area contributed by atoms with Crippen LogP contribution in [0.2, 0.25) is 0 Å². The van der Waals surface area contributed by atoms with Crippen LogP contribution in [-0.2, 0) is 0 Å². The van der Waals surface area contributed by atoms with Crippen LogP contribution in [0, 0.1) is 6.07 Å². The second-order valence-corrected chi connectivity index (χ2v) is 4.35. The van der Waals surface area contributed by atoms with Gasteiger partial charge in [0.2, 0.25) is 0 Å². The number of rotatable bonds is 1. The molecule has 3 aromatic rings. The fourth-order valence-corrected chi connectivity index (χ4v) is 2.61. The number of aromatic nitrogens is 1. The highest BCUT2D eigenvalue weighted by molar-refractivity contribution is 7.22. The summed E-state index contributed by atoms with van der Waals surface area (Å²) in [5, 5.41) is 1.26. The van der Waals surface area contributed by atoms with Gasteiger partial charge in [0.15, 0.2) is 0 Å². The van der Waals surface area contributed by atoms with Crippen LogP contribution >= 0.6 is 11.3 Å². The molecule has 2 heteroatoms. The van der Waals surface area contributed by atoms with E-state index < -0.39 is 0 Å². The third-order valence-corrected chi connectivity index (χ3v) is 3.44. The maximum Gasteiger partial charge on any atom is 0.0428 e. The lowest BCUT2D eigenvalue weighted by molar-refractivity contribution is 1.33. The van der Waals surface area contributed by atoms with E-state index in [9.17, 15) is 0 Å². The Morgan fingerprint density at radius 1 is 1.13 bits per heavy atom. The zero-order chi connectivity index (χ0) is 10.1. The number of nitrogens with zero attached hydrogens (tertiary/aromatic N) is 1. The Kier molecular flexibility index (Phi) is 2.00. The fourth-order valence-electron chi connectivity index (χ4n) is 1.58. The summed E-state index contributed by atoms with van der Waals surface area (Å²) in [5.41, 5.74) is 1.22. The van der Waals surface area contributed by atoms with Crippen molar-refractivity contribution in [2.75, 3.05) is 0 Å². The highest BCUT2D eigenvalue weighted by Gasteiger charge is 2.02. The Balaban J connectivity index is 2.21. The molecule has 0 unspecified atom stereocenters. The number of thiophene rings is 1. The fraction of sp³-hybridized carbons (Fsp3) is 0. The van der Waals surface area contributed by atoms with Crippen LogP contribution < -0.4 is 0 Å². The first-order chi connectivity index (χ1) is 7.43. The monoisotopic (exact) mass is 210 g/mol. The molecule has 0 fully saturated rings. The highest BCUT2D eigenvalue weighted by atomic mass is 32.1. The van der Waals surface area contributed by atoms with Gasteiger partial charge in [0.1, 0.15) is 0 Å². The Morgan fingerprint density at radius 3 is 2.80 bits per heavy atom. The highest BCUT2D eigenvalue weighted by Crippen LogP contribution is 2.32. The van der Waals surface area contributed by atoms with Crippen LogP contribution in [0.15, 0.2) is 48.8 Å². The van der Waals surface area contributed by atoms with Gasteiger partial charge in [0.05, 0.1) is 0 Å². The molecule has 0 N–H and O–H groups in total. The van der Waals surface area contributed by atoms with Crippen LogP contribution in [0.25, 0.3) is 20.5 Å². The van der Waals surface area contributed by atoms with E-state index in [1.165, 1.54) is 20.5 Å². The van der Waals surface area contributed by atoms with Gasteiger partial charge in [-0.25, -0.2) is 0 Å². The van der Waals surface area contributed by atoms with Gasteiger partial charge in [-0.2, -0.15) is 0 Å². The van der Waals surface area contributed by atoms with Gasteiger partial charge in [0, 0.05) is 28.0 Å². The standard InChI is InChI=1S/C13H8NS/c1-2-4-12-11(3-1)9-13(15-12)10-5-7-14-8-6-10/h1-3,5-9H. The van der Waals surface area contributed by atoms with Crippen molar-refractivity contribution in [2.24, 2.45) is 0 Å². The summed E-state index contributed by atoms with van der Waals surface area (Å²) in [6, 6.07) is 15.6. The summed E-state index contributed by atoms with van der Waals surface area (Å²) in [6.07, 6.45) is 3.65. The van der Waals surface area contributed by atoms with Crippen molar-refractivity contribution in [3.05, 3.63) is 54.9 Å². The van der Waals surface area contributed by atoms with Crippen LogP contribution in [0.1, 0.15) is 0 Å². The minimum absolute atomic E-state index is 1.21. The molecule has 1 nitrogen and oxygen atoms in total. The summed E-state index contributed by atoms with van der Waals surface area (Å²) in [5.74, 6) is 0. The zero-order valence-electron chi connectivity index (χ0n) is 7.97. The second-order valence-electron chi connectivity index (χ2n) is 3.30. The lowest BCUT2D eigenvalue weighted by Crippen LogP contribution is -1.71. The maximum absolute atomic E-state index is 4.02. The van der Waals surface area contributed by atoms with Crippen molar-refractivity contribution < 1.29 is 0 Å². The smallest absolute Gasteiger partial charge is 0.0428 e. The molecule has 3 rings (SSSR count). The molecular weight excluding hydrogens is 202 g/mol. The first-order valence-electron chi connectivity index (χ1n) is 4.74. The first kappa shape index (κ1) is 8.62. The third-order valence-electron chi connectivity index (χ3n) is 2.31. The van der Waals surface area contributed by atoms with Gasteiger partial charge in [-0.15, -0.1) is 11.3 Å². The van der Waals surface area contributed by atoms with Crippen LogP contribution in [0.3, 0.4) is 0 Å². The molecule has 1 radical (unpaired) electrons. The molecule has 71 valence electrons. The predicted molar refractivity (Wildman–Crippen MR) is 63.9 cm³/mol. The van der Waals surface area contributed by atoms with Gasteiger partial charge < -0.3 is 0 Å². The maximum atomic E-state index is 4.02. The topological polar surface area (TPSA) is 12.9 Å². The number of hydrogen-bond acceptors (Lipinski definition) is 2. The van der Waals surface area contributed by atoms with Crippen molar-refractivity contribution in [2.45, 2.75) is 0 Å². The van der Waals surface area contributed by atoms with E-state index in [4.69, 9.17) is 0 Å². The molecule has 0 aliphatic heterocycles. The normalized spacial score (nSPS) is 10.7. The zero-order valence-corrected chi connectivity index (χ0v) is 8.79. The van der Waals surface area contributed by atoms with Gasteiger partial charge in [-0.05, 0) is 29.1 Å². The largest absolute Gasteiger partial charge is 0.265 e. The molecule has 1 aromatic carbocycles. The average Bonchev–Trinajstić information content (AvgIpc) is 2.74. The predicted octanol–water partition coefficient (Wildman–Crippen LogP) is 3.76. The van der Waals surface area contributed by atoms with E-state index in [0.717, 1.165) is 0 Å². The molecule has 0 atom stereocenters. The summed E-state index contributed by atoms with van der Waals surface area (Å²) >= 11 is 1.77. The van der Waals surface area contributed by atoms with Gasteiger partial charge in [0.25, 0.3) is 0 Å². The summed E-state index contributed by atoms with van der Waals surface area (Å²) in [6.45, 7) is 0. The van der Waals surface area contributed by atoms with Crippen LogP contribution in [0.4, 0.5) is 0 Å². The van der Waals surface area contributed by atoms with Crippen LogP contribution in [0.5, 0.6) is 0 Å². The number of hydrogen-bond donors (Lipinski definition) is 0. The molecule has 0 saturated heterocycles. The van der Waals surface area contributed by atoms with E-state index >= 15 is 0 Å². The third kappa shape index (κ3) is 1.53. The lowest BCUT2D eigenvalue weighted by Gasteiger charge is -1.93. The van der Waals surface area contributed by atoms with Crippen molar-refractivity contribution in [3.8, 4) is 10.4 Å². The number of fused-ring (bicyclic) bond motifs is 1. The minimum atomic E-state index is 1.21. The molecule has 0 bridgehead atoms. The van der Waals surface area contributed by atoms with Crippen molar-refractivity contribution >= 4 is 21.4 Å². The molecule has 15 heavy (non-hydrogen) atoms. The Morgan fingerprint density at radius 2 is 2.00 bits per heavy atom. The quantitative estimate of drug-likeness (QED) is 0.596. The summed E-state index contributed by atoms with van der Waals surface area (Å²) < 4.78 is 1.21. The average molecular weight is 210 g/mol. The molecule has 0 spiro atoms. The molecule has 0 saturated carbocycles. The van der Waals surface area contributed by atoms with Gasteiger partial charge >= 0.3 is 0 Å². The van der Waals surface area contributed by atoms with Crippen molar-refractivity contribution in [3.63, 3.8) is 0 Å². The Hall–Kier alpha value is -1.67. The van der Waals surface area contributed by atoms with E-state index in [1.807, 2.05) is 36.7 Å². The molecule has 0 aliphatic rings. The lowest BCUT2D eigenvalue weighted by atomic mass is 10.2. The van der Waals surface area contributed by atoms with Crippen LogP contribution in [-0.4, -0.2) is 4.98 Å². The Labute approximate surface area is 92.0 Å². The second kappa shape index (κ2) is 3.48. The van der Waals surface area contributed by atoms with Gasteiger partial charge in [-0.1, -0.05) is 18.2 Å².